The van der Waals surface area contributed by atoms with E-state index < -0.39 is 0 Å². The molecule has 0 radical (unpaired) electrons. The van der Waals surface area contributed by atoms with Crippen molar-refractivity contribution in [3.8, 4) is 34.0 Å². The minimum atomic E-state index is -0.358. The summed E-state index contributed by atoms with van der Waals surface area (Å²) in [5.74, 6) is 1.22. The summed E-state index contributed by atoms with van der Waals surface area (Å²) in [5.41, 5.74) is 3.02. The van der Waals surface area contributed by atoms with E-state index in [-0.39, 0.29) is 17.3 Å². The summed E-state index contributed by atoms with van der Waals surface area (Å²) in [4.78, 5) is 21.6. The van der Waals surface area contributed by atoms with Gasteiger partial charge in [0.1, 0.15) is 5.75 Å². The number of aromatic nitrogens is 2. The van der Waals surface area contributed by atoms with Crippen molar-refractivity contribution in [3.05, 3.63) is 60.9 Å². The van der Waals surface area contributed by atoms with Gasteiger partial charge in [-0.2, -0.15) is 0 Å². The molecule has 1 unspecified atom stereocenters. The van der Waals surface area contributed by atoms with Crippen molar-refractivity contribution in [2.75, 3.05) is 19.8 Å². The molecule has 0 saturated carbocycles. The highest BCUT2D eigenvalue weighted by Gasteiger charge is 2.16. The lowest BCUT2D eigenvalue weighted by atomic mass is 10.0. The van der Waals surface area contributed by atoms with Crippen LogP contribution in [0, 0.1) is 5.92 Å². The standard InChI is InChI=1S/C38H53ClN2O4/c1-4-6-8-9-10-11-12-14-25-44-36-27-40-37(41-28-36)33-18-16-31(17-19-33)32-20-22-35(23-21-32)45-38(42)30(3)29-43-26-24-34(39)15-13-7-5-2/h16-23,27-28,30,34H,4-15,24-26,29H2,1-3H3/t30?,34-/m1/s1. The lowest BCUT2D eigenvalue weighted by Crippen LogP contribution is -2.23. The van der Waals surface area contributed by atoms with Crippen LogP contribution < -0.4 is 9.47 Å². The summed E-state index contributed by atoms with van der Waals surface area (Å²) in [6.45, 7) is 7.83. The van der Waals surface area contributed by atoms with Gasteiger partial charge >= 0.3 is 5.97 Å². The summed E-state index contributed by atoms with van der Waals surface area (Å²) in [6.07, 6.45) is 19.1. The number of carbonyl (C=O) groups is 1. The van der Waals surface area contributed by atoms with Crippen LogP contribution in [0.2, 0.25) is 0 Å². The number of carbonyl (C=O) groups excluding carboxylic acids is 1. The summed E-state index contributed by atoms with van der Waals surface area (Å²) in [6, 6.07) is 15.6. The van der Waals surface area contributed by atoms with Gasteiger partial charge in [0.25, 0.3) is 0 Å². The molecule has 45 heavy (non-hydrogen) atoms. The van der Waals surface area contributed by atoms with E-state index in [1.54, 1.807) is 12.4 Å². The molecule has 0 N–H and O–H groups in total. The number of ether oxygens (including phenoxy) is 3. The summed E-state index contributed by atoms with van der Waals surface area (Å²) < 4.78 is 17.1. The highest BCUT2D eigenvalue weighted by molar-refractivity contribution is 6.20. The molecule has 0 saturated heterocycles. The zero-order valence-corrected chi connectivity index (χ0v) is 28.4. The Balaban J connectivity index is 1.37. The molecule has 0 aliphatic heterocycles. The molecular formula is C38H53ClN2O4. The highest BCUT2D eigenvalue weighted by atomic mass is 35.5. The van der Waals surface area contributed by atoms with Crippen LogP contribution in [0.4, 0.5) is 0 Å². The van der Waals surface area contributed by atoms with Crippen LogP contribution in [-0.2, 0) is 9.53 Å². The van der Waals surface area contributed by atoms with Gasteiger partial charge in [-0.05, 0) is 49.4 Å². The van der Waals surface area contributed by atoms with Gasteiger partial charge in [-0.25, -0.2) is 9.97 Å². The van der Waals surface area contributed by atoms with Gasteiger partial charge in [0, 0.05) is 17.5 Å². The van der Waals surface area contributed by atoms with Crippen molar-refractivity contribution in [1.29, 1.82) is 0 Å². The van der Waals surface area contributed by atoms with E-state index in [0.29, 0.717) is 37.1 Å². The molecule has 1 heterocycles. The van der Waals surface area contributed by atoms with E-state index in [1.165, 1.54) is 57.8 Å². The van der Waals surface area contributed by atoms with Gasteiger partial charge < -0.3 is 14.2 Å². The molecule has 0 spiro atoms. The van der Waals surface area contributed by atoms with Gasteiger partial charge in [-0.3, -0.25) is 4.79 Å². The van der Waals surface area contributed by atoms with Crippen LogP contribution in [0.25, 0.3) is 22.5 Å². The molecule has 7 heteroatoms. The van der Waals surface area contributed by atoms with Gasteiger partial charge in [-0.15, -0.1) is 11.6 Å². The summed E-state index contributed by atoms with van der Waals surface area (Å²) >= 11 is 6.35. The average molecular weight is 637 g/mol. The first-order chi connectivity index (χ1) is 22.0. The minimum absolute atomic E-state index is 0.127. The molecule has 0 bridgehead atoms. The van der Waals surface area contributed by atoms with Gasteiger partial charge in [0.2, 0.25) is 0 Å². The molecule has 0 amide bonds. The molecule has 0 fully saturated rings. The fourth-order valence-corrected chi connectivity index (χ4v) is 5.25. The highest BCUT2D eigenvalue weighted by Crippen LogP contribution is 2.26. The number of rotatable bonds is 23. The molecule has 3 aromatic rings. The third kappa shape index (κ3) is 14.3. The number of hydrogen-bond donors (Lipinski definition) is 0. The molecule has 0 aliphatic carbocycles. The van der Waals surface area contributed by atoms with Crippen LogP contribution in [0.1, 0.15) is 104 Å². The molecule has 1 aromatic heterocycles. The van der Waals surface area contributed by atoms with Gasteiger partial charge in [0.15, 0.2) is 11.6 Å². The number of hydrogen-bond acceptors (Lipinski definition) is 6. The first-order valence-electron chi connectivity index (χ1n) is 17.1. The van der Waals surface area contributed by atoms with E-state index in [2.05, 4.69) is 23.8 Å². The number of halogens is 1. The fraction of sp³-hybridized carbons (Fsp3) is 0.553. The van der Waals surface area contributed by atoms with Crippen molar-refractivity contribution < 1.29 is 19.0 Å². The monoisotopic (exact) mass is 636 g/mol. The number of nitrogens with zero attached hydrogens (tertiary/aromatic N) is 2. The number of unbranched alkanes of at least 4 members (excludes halogenated alkanes) is 9. The van der Waals surface area contributed by atoms with E-state index in [0.717, 1.165) is 42.4 Å². The van der Waals surface area contributed by atoms with Crippen LogP contribution in [-0.4, -0.2) is 41.1 Å². The van der Waals surface area contributed by atoms with Crippen molar-refractivity contribution >= 4 is 17.6 Å². The maximum Gasteiger partial charge on any atom is 0.316 e. The summed E-state index contributed by atoms with van der Waals surface area (Å²) in [7, 11) is 0. The maximum absolute atomic E-state index is 12.5. The van der Waals surface area contributed by atoms with Crippen LogP contribution in [0.3, 0.4) is 0 Å². The second-order valence-electron chi connectivity index (χ2n) is 11.9. The zero-order valence-electron chi connectivity index (χ0n) is 27.6. The smallest absolute Gasteiger partial charge is 0.316 e. The van der Waals surface area contributed by atoms with Crippen molar-refractivity contribution in [2.24, 2.45) is 5.92 Å². The Kier molecular flexibility index (Phi) is 17.6. The lowest BCUT2D eigenvalue weighted by Gasteiger charge is -2.13. The topological polar surface area (TPSA) is 70.5 Å². The predicted molar refractivity (Wildman–Crippen MR) is 185 cm³/mol. The second-order valence-corrected chi connectivity index (χ2v) is 12.6. The van der Waals surface area contributed by atoms with Gasteiger partial charge in [-0.1, -0.05) is 114 Å². The molecule has 2 atom stereocenters. The molecule has 2 aromatic carbocycles. The quantitative estimate of drug-likeness (QED) is 0.0446. The minimum Gasteiger partial charge on any atom is -0.490 e. The van der Waals surface area contributed by atoms with E-state index >= 15 is 0 Å². The third-order valence-electron chi connectivity index (χ3n) is 7.91. The summed E-state index contributed by atoms with van der Waals surface area (Å²) in [5, 5.41) is 0.127. The van der Waals surface area contributed by atoms with E-state index in [9.17, 15) is 4.79 Å². The van der Waals surface area contributed by atoms with E-state index in [1.807, 2.05) is 55.5 Å². The number of esters is 1. The Hall–Kier alpha value is -2.96. The average Bonchev–Trinajstić information content (AvgIpc) is 3.06. The van der Waals surface area contributed by atoms with Crippen molar-refractivity contribution in [3.63, 3.8) is 0 Å². The number of alkyl halides is 1. The van der Waals surface area contributed by atoms with Gasteiger partial charge in [0.05, 0.1) is 31.5 Å². The Labute approximate surface area is 276 Å². The number of benzene rings is 2. The molecular weight excluding hydrogens is 584 g/mol. The molecule has 246 valence electrons. The zero-order chi connectivity index (χ0) is 32.1. The molecule has 0 aliphatic rings. The van der Waals surface area contributed by atoms with Crippen LogP contribution >= 0.6 is 11.6 Å². The molecule has 6 nitrogen and oxygen atoms in total. The second kappa shape index (κ2) is 21.7. The third-order valence-corrected chi connectivity index (χ3v) is 8.35. The lowest BCUT2D eigenvalue weighted by molar-refractivity contribution is -0.140. The van der Waals surface area contributed by atoms with Crippen LogP contribution in [0.5, 0.6) is 11.5 Å². The SMILES string of the molecule is CCCCCCCCCCOc1cnc(-c2ccc(-c3ccc(OC(=O)C(C)COCC[C@H](Cl)CCCCC)cc3)cc2)nc1. The first kappa shape index (κ1) is 36.5. The van der Waals surface area contributed by atoms with Crippen LogP contribution in [0.15, 0.2) is 60.9 Å². The first-order valence-corrected chi connectivity index (χ1v) is 17.5. The predicted octanol–water partition coefficient (Wildman–Crippen LogP) is 10.5. The van der Waals surface area contributed by atoms with Crippen molar-refractivity contribution in [1.82, 2.24) is 9.97 Å². The fourth-order valence-electron chi connectivity index (χ4n) is 5.01. The maximum atomic E-state index is 12.5. The Bertz CT molecular complexity index is 1200. The Morgan fingerprint density at radius 1 is 0.689 bits per heavy atom. The van der Waals surface area contributed by atoms with E-state index in [4.69, 9.17) is 25.8 Å². The largest absolute Gasteiger partial charge is 0.490 e. The Morgan fingerprint density at radius 3 is 1.89 bits per heavy atom. The van der Waals surface area contributed by atoms with Crippen molar-refractivity contribution in [2.45, 2.75) is 110 Å². The normalized spacial score (nSPS) is 12.5. The molecule has 3 rings (SSSR count). The Morgan fingerprint density at radius 2 is 1.24 bits per heavy atom.